The molecule has 0 aromatic rings. The third-order valence-corrected chi connectivity index (χ3v) is 3.42. The summed E-state index contributed by atoms with van der Waals surface area (Å²) in [5.41, 5.74) is 0. The minimum Gasteiger partial charge on any atom is -0.377 e. The summed E-state index contributed by atoms with van der Waals surface area (Å²) in [4.78, 5) is 2.54. The maximum atomic E-state index is 5.71. The van der Waals surface area contributed by atoms with Crippen LogP contribution in [0.15, 0.2) is 0 Å². The van der Waals surface area contributed by atoms with Crippen molar-refractivity contribution in [1.29, 1.82) is 0 Å². The smallest absolute Gasteiger partial charge is 0.0702 e. The normalized spacial score (nSPS) is 22.2. The summed E-state index contributed by atoms with van der Waals surface area (Å²) >= 11 is 0. The number of ether oxygens (including phenoxy) is 1. The van der Waals surface area contributed by atoms with Crippen LogP contribution in [0.5, 0.6) is 0 Å². The summed E-state index contributed by atoms with van der Waals surface area (Å²) in [6, 6.07) is 0. The zero-order valence-electron chi connectivity index (χ0n) is 11.9. The van der Waals surface area contributed by atoms with E-state index in [1.807, 2.05) is 0 Å². The predicted molar refractivity (Wildman–Crippen MR) is 73.4 cm³/mol. The highest BCUT2D eigenvalue weighted by atomic mass is 16.5. The number of rotatable bonds is 9. The lowest BCUT2D eigenvalue weighted by Gasteiger charge is -2.26. The number of likely N-dealkylation sites (N-methyl/N-ethyl adjacent to an activating group) is 1. The Labute approximate surface area is 107 Å². The molecule has 0 aromatic carbocycles. The largest absolute Gasteiger partial charge is 0.377 e. The number of hydrogen-bond acceptors (Lipinski definition) is 3. The second-order valence-electron chi connectivity index (χ2n) is 5.30. The molecule has 0 bridgehead atoms. The second-order valence-corrected chi connectivity index (χ2v) is 5.30. The first-order chi connectivity index (χ1) is 8.26. The maximum Gasteiger partial charge on any atom is 0.0702 e. The minimum absolute atomic E-state index is 0.491. The lowest BCUT2D eigenvalue weighted by Crippen LogP contribution is -2.38. The van der Waals surface area contributed by atoms with Gasteiger partial charge in [0.25, 0.3) is 0 Å². The summed E-state index contributed by atoms with van der Waals surface area (Å²) in [6.07, 6.45) is 4.21. The van der Waals surface area contributed by atoms with Gasteiger partial charge in [0, 0.05) is 19.7 Å². The van der Waals surface area contributed by atoms with E-state index in [1.54, 1.807) is 0 Å². The van der Waals surface area contributed by atoms with Crippen LogP contribution >= 0.6 is 0 Å². The van der Waals surface area contributed by atoms with E-state index in [4.69, 9.17) is 4.74 Å². The predicted octanol–water partition coefficient (Wildman–Crippen LogP) is 2.12. The van der Waals surface area contributed by atoms with Gasteiger partial charge in [-0.3, -0.25) is 0 Å². The van der Waals surface area contributed by atoms with Gasteiger partial charge >= 0.3 is 0 Å². The molecule has 0 aliphatic carbocycles. The van der Waals surface area contributed by atoms with Gasteiger partial charge in [-0.05, 0) is 44.8 Å². The zero-order valence-corrected chi connectivity index (χ0v) is 11.9. The lowest BCUT2D eigenvalue weighted by molar-refractivity contribution is 0.0703. The van der Waals surface area contributed by atoms with E-state index >= 15 is 0 Å². The van der Waals surface area contributed by atoms with Crippen LogP contribution in [0.4, 0.5) is 0 Å². The fourth-order valence-corrected chi connectivity index (χ4v) is 2.44. The van der Waals surface area contributed by atoms with Crippen LogP contribution in [-0.2, 0) is 4.74 Å². The quantitative estimate of drug-likeness (QED) is 0.627. The van der Waals surface area contributed by atoms with Gasteiger partial charge in [0.2, 0.25) is 0 Å². The molecule has 2 atom stereocenters. The van der Waals surface area contributed by atoms with Gasteiger partial charge in [-0.1, -0.05) is 20.8 Å². The highest BCUT2D eigenvalue weighted by Gasteiger charge is 2.19. The van der Waals surface area contributed by atoms with E-state index in [0.717, 1.165) is 38.7 Å². The van der Waals surface area contributed by atoms with Crippen LogP contribution in [0.2, 0.25) is 0 Å². The summed E-state index contributed by atoms with van der Waals surface area (Å²) in [7, 11) is 0. The summed E-state index contributed by atoms with van der Waals surface area (Å²) in [5.74, 6) is 0.725. The number of hydrogen-bond donors (Lipinski definition) is 1. The molecule has 1 rings (SSSR count). The fraction of sp³-hybridized carbons (Fsp3) is 1.00. The Morgan fingerprint density at radius 1 is 1.41 bits per heavy atom. The molecular weight excluding hydrogens is 212 g/mol. The third-order valence-electron chi connectivity index (χ3n) is 3.42. The van der Waals surface area contributed by atoms with Gasteiger partial charge in [-0.15, -0.1) is 0 Å². The Bertz CT molecular complexity index is 181. The van der Waals surface area contributed by atoms with Crippen molar-refractivity contribution in [3.05, 3.63) is 0 Å². The van der Waals surface area contributed by atoms with E-state index in [1.165, 1.54) is 25.8 Å². The molecule has 0 aromatic heterocycles. The summed E-state index contributed by atoms with van der Waals surface area (Å²) in [6.45, 7) is 13.5. The molecule has 2 unspecified atom stereocenters. The number of nitrogens with zero attached hydrogens (tertiary/aromatic N) is 1. The average Bonchev–Trinajstić information content (AvgIpc) is 2.81. The zero-order chi connectivity index (χ0) is 12.5. The standard InChI is InChI=1S/C14H30N2O/c1-4-8-15-10-13(3)11-16(5-2)12-14-7-6-9-17-14/h13-15H,4-12H2,1-3H3. The van der Waals surface area contributed by atoms with Crippen molar-refractivity contribution in [3.63, 3.8) is 0 Å². The van der Waals surface area contributed by atoms with Crippen molar-refractivity contribution in [1.82, 2.24) is 10.2 Å². The molecular formula is C14H30N2O. The molecule has 1 fully saturated rings. The SMILES string of the molecule is CCCNCC(C)CN(CC)CC1CCCO1. The lowest BCUT2D eigenvalue weighted by atomic mass is 10.1. The third kappa shape index (κ3) is 6.39. The van der Waals surface area contributed by atoms with E-state index in [-0.39, 0.29) is 0 Å². The van der Waals surface area contributed by atoms with Crippen LogP contribution in [0, 0.1) is 5.92 Å². The van der Waals surface area contributed by atoms with E-state index in [9.17, 15) is 0 Å². The Balaban J connectivity index is 2.15. The second kappa shape index (κ2) is 8.90. The van der Waals surface area contributed by atoms with E-state index in [0.29, 0.717) is 6.10 Å². The van der Waals surface area contributed by atoms with Gasteiger partial charge in [0.1, 0.15) is 0 Å². The van der Waals surface area contributed by atoms with Crippen LogP contribution < -0.4 is 5.32 Å². The van der Waals surface area contributed by atoms with Crippen molar-refractivity contribution < 1.29 is 4.74 Å². The Hall–Kier alpha value is -0.120. The molecule has 3 heteroatoms. The molecule has 1 saturated heterocycles. The highest BCUT2D eigenvalue weighted by Crippen LogP contribution is 2.13. The molecule has 1 aliphatic rings. The molecule has 1 heterocycles. The van der Waals surface area contributed by atoms with Crippen LogP contribution in [0.3, 0.4) is 0 Å². The van der Waals surface area contributed by atoms with Crippen LogP contribution in [0.1, 0.15) is 40.0 Å². The summed E-state index contributed by atoms with van der Waals surface area (Å²) in [5, 5.41) is 3.50. The molecule has 0 amide bonds. The molecule has 0 spiro atoms. The summed E-state index contributed by atoms with van der Waals surface area (Å²) < 4.78 is 5.71. The van der Waals surface area contributed by atoms with Gasteiger partial charge in [-0.25, -0.2) is 0 Å². The molecule has 17 heavy (non-hydrogen) atoms. The molecule has 1 N–H and O–H groups in total. The first-order valence-electron chi connectivity index (χ1n) is 7.30. The molecule has 1 aliphatic heterocycles. The van der Waals surface area contributed by atoms with Crippen molar-refractivity contribution >= 4 is 0 Å². The van der Waals surface area contributed by atoms with Gasteiger partial charge in [-0.2, -0.15) is 0 Å². The molecule has 102 valence electrons. The van der Waals surface area contributed by atoms with E-state index in [2.05, 4.69) is 31.0 Å². The van der Waals surface area contributed by atoms with E-state index < -0.39 is 0 Å². The Morgan fingerprint density at radius 3 is 2.82 bits per heavy atom. The van der Waals surface area contributed by atoms with Gasteiger partial charge in [0.05, 0.1) is 6.10 Å². The molecule has 0 radical (unpaired) electrons. The average molecular weight is 242 g/mol. The van der Waals surface area contributed by atoms with Gasteiger partial charge < -0.3 is 15.0 Å². The highest BCUT2D eigenvalue weighted by molar-refractivity contribution is 4.72. The first-order valence-corrected chi connectivity index (χ1v) is 7.30. The van der Waals surface area contributed by atoms with Crippen molar-refractivity contribution in [2.24, 2.45) is 5.92 Å². The molecule has 3 nitrogen and oxygen atoms in total. The monoisotopic (exact) mass is 242 g/mol. The topological polar surface area (TPSA) is 24.5 Å². The van der Waals surface area contributed by atoms with Crippen molar-refractivity contribution in [2.75, 3.05) is 39.3 Å². The Morgan fingerprint density at radius 2 is 2.24 bits per heavy atom. The maximum absolute atomic E-state index is 5.71. The fourth-order valence-electron chi connectivity index (χ4n) is 2.44. The first kappa shape index (κ1) is 14.9. The van der Waals surface area contributed by atoms with Crippen molar-refractivity contribution in [2.45, 2.75) is 46.1 Å². The Kier molecular flexibility index (Phi) is 7.82. The van der Waals surface area contributed by atoms with Crippen LogP contribution in [0.25, 0.3) is 0 Å². The van der Waals surface area contributed by atoms with Gasteiger partial charge in [0.15, 0.2) is 0 Å². The minimum atomic E-state index is 0.491. The van der Waals surface area contributed by atoms with Crippen LogP contribution in [-0.4, -0.2) is 50.3 Å². The van der Waals surface area contributed by atoms with Crippen molar-refractivity contribution in [3.8, 4) is 0 Å². The number of nitrogens with one attached hydrogen (secondary N) is 1. The molecule has 0 saturated carbocycles.